The van der Waals surface area contributed by atoms with Crippen LogP contribution >= 0.6 is 0 Å². The summed E-state index contributed by atoms with van der Waals surface area (Å²) in [5.41, 5.74) is 0. The van der Waals surface area contributed by atoms with Gasteiger partial charge in [0.25, 0.3) is 0 Å². The number of rotatable bonds is 53. The van der Waals surface area contributed by atoms with Crippen LogP contribution in [0.4, 0.5) is 4.79 Å². The van der Waals surface area contributed by atoms with E-state index in [2.05, 4.69) is 80.5 Å². The quantitative estimate of drug-likeness (QED) is 0.0328. The van der Waals surface area contributed by atoms with Crippen LogP contribution in [0.3, 0.4) is 0 Å². The van der Waals surface area contributed by atoms with Crippen LogP contribution < -0.4 is 0 Å². The van der Waals surface area contributed by atoms with Gasteiger partial charge in [0.15, 0.2) is 0 Å². The summed E-state index contributed by atoms with van der Waals surface area (Å²) >= 11 is 0. The summed E-state index contributed by atoms with van der Waals surface area (Å²) in [7, 11) is 0. The number of aliphatic carboxylic acids is 1. The normalized spacial score (nSPS) is 11.5. The van der Waals surface area contributed by atoms with Crippen LogP contribution in [0, 0.1) is 0 Å². The van der Waals surface area contributed by atoms with Gasteiger partial charge >= 0.3 is 12.1 Å². The summed E-state index contributed by atoms with van der Waals surface area (Å²) < 4.78 is 0. The highest BCUT2D eigenvalue weighted by Gasteiger charge is 2.03. The molecule has 0 aliphatic rings. The molecule has 0 spiro atoms. The largest absolute Gasteiger partial charge is 0.540 e. The lowest BCUT2D eigenvalue weighted by molar-refractivity contribution is -0.886. The molecule has 21 nitrogen and oxygen atoms in total. The van der Waals surface area contributed by atoms with Gasteiger partial charge < -0.3 is 10.2 Å². The lowest BCUT2D eigenvalue weighted by atomic mass is 10.0. The van der Waals surface area contributed by atoms with Gasteiger partial charge in [0.2, 0.25) is 0 Å². The Bertz CT molecular complexity index is 766. The van der Waals surface area contributed by atoms with Gasteiger partial charge in [-0.3, -0.25) is 4.79 Å². The van der Waals surface area contributed by atoms with Crippen molar-refractivity contribution in [3.05, 3.63) is 0 Å². The molecule has 0 heterocycles. The number of carboxylic acid groups (broad SMARTS) is 2. The van der Waals surface area contributed by atoms with E-state index in [4.69, 9.17) is 15.1 Å². The van der Waals surface area contributed by atoms with Gasteiger partial charge in [0, 0.05) is 46.7 Å². The molecule has 2 N–H and O–H groups in total. The Morgan fingerprint density at radius 3 is 0.695 bits per heavy atom. The first kappa shape index (κ1) is 57.1. The van der Waals surface area contributed by atoms with Crippen molar-refractivity contribution in [2.45, 2.75) is 225 Å². The number of carboxylic acids is 1. The van der Waals surface area contributed by atoms with Crippen molar-refractivity contribution in [3.8, 4) is 0 Å². The molecule has 0 aromatic rings. The molecule has 0 amide bonds. The van der Waals surface area contributed by atoms with Gasteiger partial charge in [-0.2, -0.15) is 0 Å². The predicted molar refractivity (Wildman–Crippen MR) is 201 cm³/mol. The average molecular weight is 867 g/mol. The van der Waals surface area contributed by atoms with E-state index in [1.165, 1.54) is 186 Å². The van der Waals surface area contributed by atoms with Crippen molar-refractivity contribution in [1.82, 2.24) is 0 Å². The lowest BCUT2D eigenvalue weighted by Gasteiger charge is -2.05. The molecule has 0 rings (SSSR count). The van der Waals surface area contributed by atoms with E-state index in [1.807, 2.05) is 0 Å². The van der Waals surface area contributed by atoms with Crippen LogP contribution in [0.5, 0.6) is 0 Å². The van der Waals surface area contributed by atoms with Crippen molar-refractivity contribution in [2.75, 3.05) is 6.61 Å². The Morgan fingerprint density at radius 2 is 0.458 bits per heavy atom. The zero-order valence-corrected chi connectivity index (χ0v) is 35.1. The summed E-state index contributed by atoms with van der Waals surface area (Å²) in [5.74, 6) is -0.665. The fraction of sp³-hybridized carbons (Fsp3) is 0.947. The molecular weight excluding hydrogens is 792 g/mol. The van der Waals surface area contributed by atoms with E-state index >= 15 is 0 Å². The zero-order chi connectivity index (χ0) is 42.6. The van der Waals surface area contributed by atoms with Crippen molar-refractivity contribution in [1.29, 1.82) is 0 Å². The number of hydrogen-bond acceptors (Lipinski definition) is 19. The molecule has 59 heavy (non-hydrogen) atoms. The zero-order valence-electron chi connectivity index (χ0n) is 35.1. The van der Waals surface area contributed by atoms with E-state index in [1.54, 1.807) is 0 Å². The van der Waals surface area contributed by atoms with Crippen molar-refractivity contribution in [3.63, 3.8) is 0 Å². The van der Waals surface area contributed by atoms with E-state index in [-0.39, 0.29) is 6.61 Å². The molecule has 21 heteroatoms. The fourth-order valence-electron chi connectivity index (χ4n) is 6.34. The lowest BCUT2D eigenvalue weighted by Crippen LogP contribution is -2.06. The first-order chi connectivity index (χ1) is 29.1. The molecular formula is C38H74O21. The maximum atomic E-state index is 10.5. The smallest absolute Gasteiger partial charge is 0.481 e. The van der Waals surface area contributed by atoms with Crippen LogP contribution in [0.2, 0.25) is 0 Å². The number of hydrogen-bond donors (Lipinski definition) is 2. The minimum atomic E-state index is -1.83. The first-order valence-corrected chi connectivity index (χ1v) is 21.9. The van der Waals surface area contributed by atoms with Gasteiger partial charge in [-0.25, -0.2) is 14.6 Å². The topological polar surface area (TPSA) is 232 Å². The van der Waals surface area contributed by atoms with Gasteiger partial charge in [-0.1, -0.05) is 205 Å². The van der Waals surface area contributed by atoms with Crippen LogP contribution in [0.25, 0.3) is 0 Å². The molecule has 0 unspecified atom stereocenters. The van der Waals surface area contributed by atoms with Gasteiger partial charge in [0.1, 0.15) is 0 Å². The van der Waals surface area contributed by atoms with Gasteiger partial charge in [-0.05, 0) is 48.1 Å². The van der Waals surface area contributed by atoms with E-state index in [9.17, 15) is 9.59 Å². The number of carbonyl (C=O) groups is 2. The summed E-state index contributed by atoms with van der Waals surface area (Å²) in [6.45, 7) is 0.286. The molecule has 0 saturated carbocycles. The third kappa shape index (κ3) is 56.1. The SMILES string of the molecule is O=C(O)CCCCCCCCCCCCCCCCCCCCCCCCCCCCCCCCCCCCOOOOOOOOOOOOOOOOOC(=O)O. The number of unbranched alkanes of at least 4 members (excludes halogenated alkanes) is 33. The Balaban J connectivity index is 3.07. The molecule has 0 bridgehead atoms. The monoisotopic (exact) mass is 866 g/mol. The summed E-state index contributed by atoms with van der Waals surface area (Å²) in [5, 5.41) is 71.9. The van der Waals surface area contributed by atoms with Crippen molar-refractivity contribution < 1.29 is 105 Å². The third-order valence-electron chi connectivity index (χ3n) is 9.41. The maximum absolute atomic E-state index is 10.5. The van der Waals surface area contributed by atoms with Crippen molar-refractivity contribution in [2.24, 2.45) is 0 Å². The summed E-state index contributed by atoms with van der Waals surface area (Å²) in [6, 6.07) is 0. The summed E-state index contributed by atoms with van der Waals surface area (Å²) in [6.07, 6.45) is 42.9. The second-order valence-corrected chi connectivity index (χ2v) is 14.4. The minimum absolute atomic E-state index is 0.286. The van der Waals surface area contributed by atoms with Crippen LogP contribution in [-0.4, -0.2) is 28.9 Å². The molecule has 0 aromatic carbocycles. The highest BCUT2D eigenvalue weighted by atomic mass is 18.0. The average Bonchev–Trinajstić information content (AvgIpc) is 3.22. The van der Waals surface area contributed by atoms with Crippen LogP contribution in [0.15, 0.2) is 0 Å². The van der Waals surface area contributed by atoms with Gasteiger partial charge in [-0.15, -0.1) is 0 Å². The second kappa shape index (κ2) is 52.2. The van der Waals surface area contributed by atoms with Gasteiger partial charge in [0.05, 0.1) is 6.61 Å². The minimum Gasteiger partial charge on any atom is -0.481 e. The molecule has 0 atom stereocenters. The molecule has 0 aliphatic carbocycles. The standard InChI is InChI=1S/C38H74O21/c39-37(40)35-33-31-29-27-25-23-21-19-17-15-13-11-9-7-5-3-1-2-4-6-8-10-12-14-16-18-20-22-24-26-28-30-32-34-36-43-45-47-49-51-53-55-57-59-58-56-54-52-50-48-46-44-38(41)42/h1-36H2,(H,39,40)(H,41,42). The Labute approximate surface area is 348 Å². The molecule has 0 aromatic heterocycles. The predicted octanol–water partition coefficient (Wildman–Crippen LogP) is 12.3. The van der Waals surface area contributed by atoms with E-state index < -0.39 is 12.1 Å². The first-order valence-electron chi connectivity index (χ1n) is 21.9. The summed E-state index contributed by atoms with van der Waals surface area (Å²) in [4.78, 5) is 28.4. The highest BCUT2D eigenvalue weighted by Crippen LogP contribution is 2.17. The van der Waals surface area contributed by atoms with Crippen LogP contribution in [0.1, 0.15) is 225 Å². The molecule has 0 radical (unpaired) electrons. The van der Waals surface area contributed by atoms with E-state index in [0.29, 0.717) is 6.42 Å². The Hall–Kier alpha value is -1.90. The third-order valence-corrected chi connectivity index (χ3v) is 9.41. The Morgan fingerprint density at radius 1 is 0.254 bits per heavy atom. The second-order valence-electron chi connectivity index (χ2n) is 14.4. The molecule has 0 fully saturated rings. The molecule has 0 aliphatic heterocycles. The molecule has 0 saturated heterocycles. The fourth-order valence-corrected chi connectivity index (χ4v) is 6.34. The highest BCUT2D eigenvalue weighted by molar-refractivity contribution is 5.66. The maximum Gasteiger partial charge on any atom is 0.540 e. The van der Waals surface area contributed by atoms with E-state index in [0.717, 1.165) is 32.1 Å². The van der Waals surface area contributed by atoms with Crippen molar-refractivity contribution >= 4 is 12.1 Å². The molecule has 352 valence electrons. The van der Waals surface area contributed by atoms with Crippen LogP contribution in [-0.2, 0) is 90.1 Å². The Kier molecular flexibility index (Phi) is 50.6.